The van der Waals surface area contributed by atoms with E-state index in [0.29, 0.717) is 17.2 Å². The maximum atomic E-state index is 15.1. The van der Waals surface area contributed by atoms with Gasteiger partial charge in [-0.2, -0.15) is 0 Å². The van der Waals surface area contributed by atoms with Crippen molar-refractivity contribution in [2.45, 2.75) is 9.79 Å². The van der Waals surface area contributed by atoms with Crippen LogP contribution >= 0.6 is 0 Å². The van der Waals surface area contributed by atoms with E-state index in [9.17, 15) is 0 Å². The van der Waals surface area contributed by atoms with E-state index in [-0.39, 0.29) is 32.8 Å². The normalized spacial score (nSPS) is 10.8. The monoisotopic (exact) mass is 475 g/mol. The second-order valence-corrected chi connectivity index (χ2v) is 8.61. The van der Waals surface area contributed by atoms with Gasteiger partial charge < -0.3 is 28.4 Å². The average Bonchev–Trinajstić information content (AvgIpc) is 2.87. The first-order chi connectivity index (χ1) is 15.9. The van der Waals surface area contributed by atoms with Crippen LogP contribution in [0.1, 0.15) is 0 Å². The highest BCUT2D eigenvalue weighted by molar-refractivity contribution is 7.99. The summed E-state index contributed by atoms with van der Waals surface area (Å²) in [6.45, 7) is 0. The lowest BCUT2D eigenvalue weighted by Gasteiger charge is -2.20. The Bertz CT molecular complexity index is 1030. The summed E-state index contributed by atoms with van der Waals surface area (Å²) in [6, 6.07) is 15.2. The zero-order valence-corrected chi connectivity index (χ0v) is 20.2. The van der Waals surface area contributed by atoms with Crippen molar-refractivity contribution in [3.8, 4) is 40.2 Å². The highest BCUT2D eigenvalue weighted by Gasteiger charge is 2.50. The maximum Gasteiger partial charge on any atom is 0.340 e. The summed E-state index contributed by atoms with van der Waals surface area (Å²) in [7, 11) is 5.24. The van der Waals surface area contributed by atoms with Gasteiger partial charge in [-0.25, -0.2) is 0 Å². The molecule has 0 bridgehead atoms. The molecule has 0 atom stereocenters. The van der Waals surface area contributed by atoms with Crippen LogP contribution in [0, 0.1) is 0 Å². The second kappa shape index (κ2) is 10.4. The maximum absolute atomic E-state index is 15.1. The van der Waals surface area contributed by atoms with Crippen LogP contribution in [0.25, 0.3) is 0 Å². The molecule has 0 aliphatic rings. The van der Waals surface area contributed by atoms with E-state index in [4.69, 9.17) is 32.6 Å². The molecule has 0 unspecified atom stereocenters. The molecule has 9 heteroatoms. The minimum atomic E-state index is -3.63. The third-order valence-corrected chi connectivity index (χ3v) is 7.14. The molecule has 176 valence electrons. The molecule has 8 nitrogen and oxygen atoms in total. The molecule has 0 fully saturated rings. The fourth-order valence-corrected chi connectivity index (χ4v) is 5.66. The van der Waals surface area contributed by atoms with E-state index >= 15 is 4.21 Å². The first kappa shape index (κ1) is 24.1. The number of benzene rings is 3. The molecule has 0 heterocycles. The van der Waals surface area contributed by atoms with Gasteiger partial charge in [0.25, 0.3) is 9.79 Å². The number of ether oxygens (including phenoxy) is 6. The van der Waals surface area contributed by atoms with Crippen molar-refractivity contribution >= 4 is 10.2 Å². The Balaban J connectivity index is 2.44. The average molecular weight is 476 g/mol. The molecule has 0 amide bonds. The van der Waals surface area contributed by atoms with Crippen LogP contribution in [0.4, 0.5) is 0 Å². The van der Waals surface area contributed by atoms with Crippen molar-refractivity contribution in [1.82, 2.24) is 0 Å². The molecule has 0 spiro atoms. The van der Waals surface area contributed by atoms with Gasteiger partial charge in [0.1, 0.15) is 11.5 Å². The van der Waals surface area contributed by atoms with Gasteiger partial charge >= 0.3 is 10.2 Å². The smallest absolute Gasteiger partial charge is 0.340 e. The van der Waals surface area contributed by atoms with Gasteiger partial charge in [-0.1, -0.05) is 18.2 Å². The second-order valence-electron chi connectivity index (χ2n) is 6.62. The summed E-state index contributed by atoms with van der Waals surface area (Å²) in [5, 5.41) is 0. The van der Waals surface area contributed by atoms with E-state index in [1.165, 1.54) is 42.7 Å². The lowest BCUT2D eigenvalue weighted by molar-refractivity contribution is 0.349. The molecule has 0 N–H and O–H groups in total. The van der Waals surface area contributed by atoms with Crippen LogP contribution in [0.3, 0.4) is 0 Å². The lowest BCUT2D eigenvalue weighted by atomic mass is 10.3. The molecule has 3 aromatic rings. The summed E-state index contributed by atoms with van der Waals surface area (Å²) in [4.78, 5) is 0.331. The minimum absolute atomic E-state index is 0.166. The number of hydrogen-bond donors (Lipinski definition) is 0. The minimum Gasteiger partial charge on any atom is -0.496 e. The number of para-hydroxylation sites is 1. The molecule has 0 saturated carbocycles. The Morgan fingerprint density at radius 3 is 1.18 bits per heavy atom. The van der Waals surface area contributed by atoms with Crippen molar-refractivity contribution in [3.63, 3.8) is 0 Å². The van der Waals surface area contributed by atoms with Crippen molar-refractivity contribution in [2.75, 3.05) is 42.7 Å². The number of methoxy groups -OCH3 is 6. The van der Waals surface area contributed by atoms with Gasteiger partial charge in [0.15, 0.2) is 28.7 Å². The topological polar surface area (TPSA) is 81.7 Å². The summed E-state index contributed by atoms with van der Waals surface area (Å²) < 4.78 is 54.4. The van der Waals surface area contributed by atoms with Crippen molar-refractivity contribution in [1.29, 1.82) is 0 Å². The predicted octanol–water partition coefficient (Wildman–Crippen LogP) is 4.65. The zero-order valence-electron chi connectivity index (χ0n) is 19.4. The van der Waals surface area contributed by atoms with Crippen LogP contribution in [-0.2, 0) is 14.4 Å². The molecule has 0 aliphatic heterocycles. The molecule has 3 aromatic carbocycles. The zero-order chi connectivity index (χ0) is 24.0. The van der Waals surface area contributed by atoms with E-state index in [0.717, 1.165) is 0 Å². The summed E-state index contributed by atoms with van der Waals surface area (Å²) in [6.07, 6.45) is 0. The van der Waals surface area contributed by atoms with E-state index in [1.807, 2.05) is 6.07 Å². The molecule has 3 rings (SSSR count). The van der Waals surface area contributed by atoms with Crippen LogP contribution in [0.2, 0.25) is 0 Å². The molecule has 0 radical (unpaired) electrons. The number of hydrogen-bond acceptors (Lipinski definition) is 8. The van der Waals surface area contributed by atoms with Gasteiger partial charge in [0.05, 0.1) is 42.7 Å². The highest BCUT2D eigenvalue weighted by Crippen LogP contribution is 2.51. The molecular formula is C24H27O8S+. The van der Waals surface area contributed by atoms with E-state index in [1.54, 1.807) is 48.5 Å². The first-order valence-electron chi connectivity index (χ1n) is 9.84. The summed E-state index contributed by atoms with van der Waals surface area (Å²) in [5.74, 6) is 2.26. The molecule has 33 heavy (non-hydrogen) atoms. The quantitative estimate of drug-likeness (QED) is 0.392. The fourth-order valence-electron chi connectivity index (χ4n) is 3.27. The first-order valence-corrected chi connectivity index (χ1v) is 11.3. The third kappa shape index (κ3) is 4.63. The van der Waals surface area contributed by atoms with Crippen molar-refractivity contribution < 1.29 is 36.8 Å². The predicted molar refractivity (Wildman–Crippen MR) is 124 cm³/mol. The number of rotatable bonds is 10. The largest absolute Gasteiger partial charge is 0.496 e. The van der Waals surface area contributed by atoms with Crippen molar-refractivity contribution in [3.05, 3.63) is 54.6 Å². The third-order valence-electron chi connectivity index (χ3n) is 4.83. The Hall–Kier alpha value is -3.59. The van der Waals surface area contributed by atoms with Gasteiger partial charge in [-0.15, -0.1) is 0 Å². The molecule has 0 aromatic heterocycles. The van der Waals surface area contributed by atoms with E-state index in [2.05, 4.69) is 0 Å². The van der Waals surface area contributed by atoms with Gasteiger partial charge in [-0.3, -0.25) is 4.18 Å². The highest BCUT2D eigenvalue weighted by atomic mass is 32.3. The standard InChI is InChI=1S/C24H27O8S/c1-26-17-12-19(28-3)23(20(13-17)29-4)33(25,32-16-10-8-7-9-11-16)24-21(30-5)14-18(27-2)15-22(24)31-6/h7-15H,1-6H3/q+1. The molecule has 0 aliphatic carbocycles. The summed E-state index contributed by atoms with van der Waals surface area (Å²) in [5.41, 5.74) is 0. The van der Waals surface area contributed by atoms with Gasteiger partial charge in [0, 0.05) is 24.3 Å². The van der Waals surface area contributed by atoms with Crippen LogP contribution in [0.15, 0.2) is 64.4 Å². The molecule has 0 saturated heterocycles. The van der Waals surface area contributed by atoms with Crippen LogP contribution in [-0.4, -0.2) is 42.7 Å². The van der Waals surface area contributed by atoms with Gasteiger partial charge in [-0.05, 0) is 16.3 Å². The van der Waals surface area contributed by atoms with E-state index < -0.39 is 10.2 Å². The summed E-state index contributed by atoms with van der Waals surface area (Å²) >= 11 is 0. The van der Waals surface area contributed by atoms with Crippen LogP contribution < -0.4 is 32.6 Å². The SMILES string of the molecule is COc1cc(OC)c([S+](=O)(Oc2ccccc2)c2c(OC)cc(OC)cc2OC)c(OC)c1. The lowest BCUT2D eigenvalue weighted by Crippen LogP contribution is -2.23. The molecular weight excluding hydrogens is 448 g/mol. The Morgan fingerprint density at radius 2 is 0.879 bits per heavy atom. The van der Waals surface area contributed by atoms with Crippen molar-refractivity contribution in [2.24, 2.45) is 0 Å². The fraction of sp³-hybridized carbons (Fsp3) is 0.250. The van der Waals surface area contributed by atoms with Crippen LogP contribution in [0.5, 0.6) is 40.2 Å². The Morgan fingerprint density at radius 1 is 0.515 bits per heavy atom. The van der Waals surface area contributed by atoms with Gasteiger partial charge in [0.2, 0.25) is 0 Å². The Kier molecular flexibility index (Phi) is 7.55. The Labute approximate surface area is 194 Å².